The molecule has 0 aliphatic heterocycles. The van der Waals surface area contributed by atoms with Crippen molar-refractivity contribution in [1.82, 2.24) is 10.2 Å². The predicted molar refractivity (Wildman–Crippen MR) is 129 cm³/mol. The molecule has 0 atom stereocenters. The zero-order chi connectivity index (χ0) is 24.5. The van der Waals surface area contributed by atoms with Crippen LogP contribution in [-0.2, 0) is 17.8 Å². The van der Waals surface area contributed by atoms with Gasteiger partial charge in [0.05, 0.1) is 12.1 Å². The van der Waals surface area contributed by atoms with Crippen molar-refractivity contribution in [1.29, 1.82) is 5.26 Å². The molecule has 0 spiro atoms. The lowest BCUT2D eigenvalue weighted by Gasteiger charge is -2.14. The second kappa shape index (κ2) is 12.1. The summed E-state index contributed by atoms with van der Waals surface area (Å²) >= 11 is 7.65. The number of nitrogens with zero attached hydrogens (tertiary/aromatic N) is 3. The molecule has 1 N–H and O–H groups in total. The van der Waals surface area contributed by atoms with Crippen LogP contribution in [0.3, 0.4) is 0 Å². The van der Waals surface area contributed by atoms with Crippen molar-refractivity contribution in [2.24, 2.45) is 0 Å². The summed E-state index contributed by atoms with van der Waals surface area (Å²) in [6.45, 7) is 2.03. The van der Waals surface area contributed by atoms with Gasteiger partial charge in [-0.3, -0.25) is 10.1 Å². The number of aromatic nitrogens is 2. The molecule has 0 unspecified atom stereocenters. The van der Waals surface area contributed by atoms with E-state index in [1.165, 1.54) is 36.7 Å². The second-order valence-corrected chi connectivity index (χ2v) is 8.61. The number of nitriles is 1. The predicted octanol–water partition coefficient (Wildman–Crippen LogP) is 5.81. The van der Waals surface area contributed by atoms with Gasteiger partial charge < -0.3 is 9.47 Å². The van der Waals surface area contributed by atoms with Gasteiger partial charge in [0.2, 0.25) is 5.13 Å². The average Bonchev–Trinajstić information content (AvgIpc) is 3.28. The van der Waals surface area contributed by atoms with Gasteiger partial charge in [-0.1, -0.05) is 54.5 Å². The molecule has 0 fully saturated rings. The van der Waals surface area contributed by atoms with Crippen LogP contribution in [0.1, 0.15) is 35.9 Å². The Morgan fingerprint density at radius 3 is 2.82 bits per heavy atom. The van der Waals surface area contributed by atoms with Crippen molar-refractivity contribution in [2.45, 2.75) is 32.8 Å². The first-order valence-electron chi connectivity index (χ1n) is 10.4. The van der Waals surface area contributed by atoms with Crippen molar-refractivity contribution in [3.8, 4) is 17.6 Å². The fourth-order valence-corrected chi connectivity index (χ4v) is 3.99. The van der Waals surface area contributed by atoms with Crippen molar-refractivity contribution in [3.63, 3.8) is 0 Å². The normalized spacial score (nSPS) is 11.1. The largest absolute Gasteiger partial charge is 0.493 e. The smallest absolute Gasteiger partial charge is 0.268 e. The Balaban J connectivity index is 1.77. The van der Waals surface area contributed by atoms with Crippen LogP contribution in [0.5, 0.6) is 11.5 Å². The summed E-state index contributed by atoms with van der Waals surface area (Å²) in [5, 5.41) is 21.4. The molecule has 0 radical (unpaired) electrons. The SMILES string of the molecule is CCCCc1nnc(NC(=O)C(C#N)=Cc2cc(Cl)c(OCc3ccccc3F)c(OC)c2)s1. The Morgan fingerprint density at radius 2 is 2.12 bits per heavy atom. The number of hydrogen-bond acceptors (Lipinski definition) is 7. The van der Waals surface area contributed by atoms with E-state index in [4.69, 9.17) is 21.1 Å². The highest BCUT2D eigenvalue weighted by atomic mass is 35.5. The molecule has 0 aliphatic carbocycles. The summed E-state index contributed by atoms with van der Waals surface area (Å²) in [7, 11) is 1.43. The van der Waals surface area contributed by atoms with Crippen LogP contribution in [0.25, 0.3) is 6.08 Å². The number of unbranched alkanes of at least 4 members (excludes halogenated alkanes) is 1. The van der Waals surface area contributed by atoms with Crippen molar-refractivity contribution >= 4 is 40.1 Å². The summed E-state index contributed by atoms with van der Waals surface area (Å²) in [5.41, 5.74) is 0.665. The monoisotopic (exact) mass is 500 g/mol. The van der Waals surface area contributed by atoms with E-state index in [1.807, 2.05) is 6.07 Å². The lowest BCUT2D eigenvalue weighted by Crippen LogP contribution is -2.13. The van der Waals surface area contributed by atoms with Gasteiger partial charge in [0.15, 0.2) is 11.5 Å². The number of methoxy groups -OCH3 is 1. The molecule has 1 heterocycles. The fourth-order valence-electron chi connectivity index (χ4n) is 2.94. The third-order valence-corrected chi connectivity index (χ3v) is 5.87. The summed E-state index contributed by atoms with van der Waals surface area (Å²) in [6.07, 6.45) is 4.17. The maximum absolute atomic E-state index is 13.9. The molecule has 0 bridgehead atoms. The molecule has 34 heavy (non-hydrogen) atoms. The van der Waals surface area contributed by atoms with Gasteiger partial charge in [0.25, 0.3) is 5.91 Å². The van der Waals surface area contributed by atoms with E-state index in [0.717, 1.165) is 24.3 Å². The Morgan fingerprint density at radius 1 is 1.32 bits per heavy atom. The molecule has 1 amide bonds. The van der Waals surface area contributed by atoms with Gasteiger partial charge in [-0.2, -0.15) is 5.26 Å². The molecular formula is C24H22ClFN4O3S. The minimum atomic E-state index is -0.615. The van der Waals surface area contributed by atoms with Gasteiger partial charge in [-0.25, -0.2) is 4.39 Å². The van der Waals surface area contributed by atoms with Crippen LogP contribution < -0.4 is 14.8 Å². The number of nitrogens with one attached hydrogen (secondary N) is 1. The van der Waals surface area contributed by atoms with E-state index in [-0.39, 0.29) is 28.7 Å². The molecule has 176 valence electrons. The van der Waals surface area contributed by atoms with Crippen LogP contribution >= 0.6 is 22.9 Å². The fraction of sp³-hybridized carbons (Fsp3) is 0.250. The van der Waals surface area contributed by atoms with Crippen molar-refractivity contribution in [2.75, 3.05) is 12.4 Å². The van der Waals surface area contributed by atoms with E-state index in [9.17, 15) is 14.4 Å². The maximum Gasteiger partial charge on any atom is 0.268 e. The number of aryl methyl sites for hydroxylation is 1. The summed E-state index contributed by atoms with van der Waals surface area (Å²) in [4.78, 5) is 12.6. The van der Waals surface area contributed by atoms with E-state index >= 15 is 0 Å². The van der Waals surface area contributed by atoms with Gasteiger partial charge >= 0.3 is 0 Å². The first-order chi connectivity index (χ1) is 16.4. The molecular weight excluding hydrogens is 479 g/mol. The van der Waals surface area contributed by atoms with Gasteiger partial charge in [0.1, 0.15) is 29.1 Å². The zero-order valence-electron chi connectivity index (χ0n) is 18.6. The zero-order valence-corrected chi connectivity index (χ0v) is 20.2. The molecule has 7 nitrogen and oxygen atoms in total. The Bertz CT molecular complexity index is 1240. The van der Waals surface area contributed by atoms with Crippen LogP contribution in [-0.4, -0.2) is 23.2 Å². The van der Waals surface area contributed by atoms with E-state index in [1.54, 1.807) is 24.3 Å². The molecule has 0 saturated carbocycles. The standard InChI is InChI=1S/C24H22ClFN4O3S/c1-3-4-9-21-29-30-24(34-21)28-23(31)17(13-27)10-15-11-18(25)22(20(12-15)32-2)33-14-16-7-5-6-8-19(16)26/h5-8,10-12H,3-4,9,14H2,1-2H3,(H,28,30,31). The molecule has 0 saturated heterocycles. The topological polar surface area (TPSA) is 97.1 Å². The maximum atomic E-state index is 13.9. The van der Waals surface area contributed by atoms with Gasteiger partial charge in [-0.15, -0.1) is 10.2 Å². The highest BCUT2D eigenvalue weighted by molar-refractivity contribution is 7.15. The van der Waals surface area contributed by atoms with Crippen LogP contribution in [0.2, 0.25) is 5.02 Å². The Labute approximate surface area is 205 Å². The number of anilines is 1. The number of benzene rings is 2. The molecule has 1 aromatic heterocycles. The molecule has 0 aliphatic rings. The minimum Gasteiger partial charge on any atom is -0.493 e. The molecule has 3 rings (SSSR count). The average molecular weight is 501 g/mol. The van der Waals surface area contributed by atoms with E-state index < -0.39 is 11.7 Å². The number of ether oxygens (including phenoxy) is 2. The minimum absolute atomic E-state index is 0.0497. The van der Waals surface area contributed by atoms with E-state index in [0.29, 0.717) is 16.3 Å². The number of carbonyl (C=O) groups excluding carboxylic acids is 1. The van der Waals surface area contributed by atoms with E-state index in [2.05, 4.69) is 22.4 Å². The first-order valence-corrected chi connectivity index (χ1v) is 11.6. The highest BCUT2D eigenvalue weighted by Crippen LogP contribution is 2.37. The third-order valence-electron chi connectivity index (χ3n) is 4.69. The summed E-state index contributed by atoms with van der Waals surface area (Å²) in [6, 6.07) is 11.2. The van der Waals surface area contributed by atoms with Gasteiger partial charge in [-0.05, 0) is 36.3 Å². The summed E-state index contributed by atoms with van der Waals surface area (Å²) < 4.78 is 24.9. The van der Waals surface area contributed by atoms with Gasteiger partial charge in [0, 0.05) is 12.0 Å². The number of rotatable bonds is 10. The molecule has 2 aromatic carbocycles. The second-order valence-electron chi connectivity index (χ2n) is 7.14. The number of hydrogen-bond donors (Lipinski definition) is 1. The highest BCUT2D eigenvalue weighted by Gasteiger charge is 2.16. The van der Waals surface area contributed by atoms with Crippen LogP contribution in [0.15, 0.2) is 42.0 Å². The van der Waals surface area contributed by atoms with Crippen LogP contribution in [0.4, 0.5) is 9.52 Å². The Hall–Kier alpha value is -3.48. The Kier molecular flexibility index (Phi) is 8.96. The lowest BCUT2D eigenvalue weighted by atomic mass is 10.1. The molecule has 3 aromatic rings. The lowest BCUT2D eigenvalue weighted by molar-refractivity contribution is -0.112. The third kappa shape index (κ3) is 6.53. The van der Waals surface area contributed by atoms with Crippen molar-refractivity contribution in [3.05, 3.63) is 68.9 Å². The number of amides is 1. The summed E-state index contributed by atoms with van der Waals surface area (Å²) in [5.74, 6) is -0.510. The first kappa shape index (κ1) is 25.1. The number of carbonyl (C=O) groups is 1. The van der Waals surface area contributed by atoms with Crippen molar-refractivity contribution < 1.29 is 18.7 Å². The molecule has 10 heteroatoms. The quantitative estimate of drug-likeness (QED) is 0.279. The van der Waals surface area contributed by atoms with Crippen LogP contribution in [0, 0.1) is 17.1 Å². The number of halogens is 2.